The summed E-state index contributed by atoms with van der Waals surface area (Å²) in [6, 6.07) is 17.7. The fraction of sp³-hybridized carbons (Fsp3) is 0.188. The highest BCUT2D eigenvalue weighted by Crippen LogP contribution is 2.40. The van der Waals surface area contributed by atoms with Crippen LogP contribution < -0.4 is 20.5 Å². The topological polar surface area (TPSA) is 159 Å². The van der Waals surface area contributed by atoms with Crippen molar-refractivity contribution in [3.8, 4) is 17.2 Å². The van der Waals surface area contributed by atoms with Crippen LogP contribution in [0.15, 0.2) is 82.8 Å². The summed E-state index contributed by atoms with van der Waals surface area (Å²) in [5.74, 6) is -1.57. The van der Waals surface area contributed by atoms with Crippen molar-refractivity contribution in [2.24, 2.45) is 10.7 Å². The minimum atomic E-state index is -1.04. The van der Waals surface area contributed by atoms with Crippen molar-refractivity contribution in [2.75, 3.05) is 14.2 Å². The minimum Gasteiger partial charge on any atom is -0.502 e. The lowest BCUT2D eigenvalue weighted by atomic mass is 10.0. The lowest BCUT2D eigenvalue weighted by Gasteiger charge is -2.25. The number of primary amides is 1. The summed E-state index contributed by atoms with van der Waals surface area (Å²) in [6.45, 7) is 1.56. The van der Waals surface area contributed by atoms with Crippen molar-refractivity contribution in [3.05, 3.63) is 89.0 Å². The van der Waals surface area contributed by atoms with Gasteiger partial charge in [0.25, 0.3) is 5.91 Å². The second-order valence-electron chi connectivity index (χ2n) is 9.99. The predicted molar refractivity (Wildman–Crippen MR) is 170 cm³/mol. The number of aliphatic imine (C=N–C) groups is 1. The number of thioether (sulfide) groups is 1. The number of amidine groups is 1. The average Bonchev–Trinajstić information content (AvgIpc) is 3.57. The van der Waals surface area contributed by atoms with Crippen molar-refractivity contribution >= 4 is 57.3 Å². The van der Waals surface area contributed by atoms with Crippen molar-refractivity contribution in [1.29, 1.82) is 0 Å². The molecule has 2 heterocycles. The summed E-state index contributed by atoms with van der Waals surface area (Å²) in [7, 11) is 2.82. The fourth-order valence-electron chi connectivity index (χ4n) is 4.82. The summed E-state index contributed by atoms with van der Waals surface area (Å²) in [4.78, 5) is 49.2. The normalized spacial score (nSPS) is 16.3. The second-order valence-corrected chi connectivity index (χ2v) is 11.0. The molecule has 1 fully saturated rings. The van der Waals surface area contributed by atoms with Crippen LogP contribution in [0.25, 0.3) is 17.0 Å². The third-order valence-corrected chi connectivity index (χ3v) is 8.13. The Bertz CT molecular complexity index is 1760. The molecule has 5 rings (SSSR count). The van der Waals surface area contributed by atoms with Crippen LogP contribution in [0.4, 0.5) is 5.69 Å². The van der Waals surface area contributed by atoms with E-state index in [1.54, 1.807) is 43.5 Å². The van der Waals surface area contributed by atoms with Crippen LogP contribution in [0.5, 0.6) is 17.2 Å². The number of aromatic amines is 1. The van der Waals surface area contributed by atoms with E-state index in [4.69, 9.17) is 15.2 Å². The number of fused-ring (bicyclic) bond motifs is 1. The predicted octanol–water partition coefficient (Wildman–Crippen LogP) is 4.10. The van der Waals surface area contributed by atoms with E-state index in [9.17, 15) is 19.5 Å². The summed E-state index contributed by atoms with van der Waals surface area (Å²) in [5.41, 5.74) is 8.53. The Morgan fingerprint density at radius 2 is 1.75 bits per heavy atom. The van der Waals surface area contributed by atoms with Crippen LogP contribution in [0.3, 0.4) is 0 Å². The molecule has 1 saturated heterocycles. The molecular formula is C32H31N5O6S. The first-order valence-electron chi connectivity index (χ1n) is 13.7. The number of hydrogen-bond acceptors (Lipinski definition) is 8. The zero-order valence-electron chi connectivity index (χ0n) is 24.2. The zero-order valence-corrected chi connectivity index (χ0v) is 25.1. The van der Waals surface area contributed by atoms with E-state index < -0.39 is 29.8 Å². The molecule has 0 saturated carbocycles. The number of carbonyl (C=O) groups excluding carboxylic acids is 3. The van der Waals surface area contributed by atoms with Gasteiger partial charge in [0.15, 0.2) is 16.7 Å². The Morgan fingerprint density at radius 1 is 1.09 bits per heavy atom. The molecule has 0 spiro atoms. The lowest BCUT2D eigenvalue weighted by Crippen LogP contribution is -2.53. The van der Waals surface area contributed by atoms with Crippen LogP contribution in [0.2, 0.25) is 0 Å². The monoisotopic (exact) mass is 613 g/mol. The molecule has 11 nitrogen and oxygen atoms in total. The molecule has 1 aromatic heterocycles. The Kier molecular flexibility index (Phi) is 8.91. The van der Waals surface area contributed by atoms with Gasteiger partial charge in [-0.15, -0.1) is 0 Å². The molecule has 4 aromatic rings. The van der Waals surface area contributed by atoms with Gasteiger partial charge in [-0.25, -0.2) is 4.99 Å². The number of benzene rings is 3. The van der Waals surface area contributed by atoms with Gasteiger partial charge >= 0.3 is 0 Å². The molecule has 1 aliphatic rings. The zero-order chi connectivity index (χ0) is 31.4. The third kappa shape index (κ3) is 6.25. The van der Waals surface area contributed by atoms with Crippen molar-refractivity contribution in [1.82, 2.24) is 15.2 Å². The highest BCUT2D eigenvalue weighted by Gasteiger charge is 2.40. The maximum absolute atomic E-state index is 13.8. The largest absolute Gasteiger partial charge is 0.502 e. The van der Waals surface area contributed by atoms with E-state index in [1.165, 1.54) is 19.1 Å². The van der Waals surface area contributed by atoms with Crippen LogP contribution in [0, 0.1) is 0 Å². The molecule has 3 aromatic carbocycles. The Labute approximate surface area is 257 Å². The number of H-pyrrole nitrogens is 1. The minimum absolute atomic E-state index is 0.168. The van der Waals surface area contributed by atoms with E-state index in [1.807, 2.05) is 42.5 Å². The number of phenolic OH excluding ortho intramolecular Hbond substituents is 1. The second kappa shape index (κ2) is 13.0. The number of hydrogen-bond donors (Lipinski definition) is 4. The van der Waals surface area contributed by atoms with E-state index in [0.717, 1.165) is 28.2 Å². The number of para-hydroxylation sites is 2. The van der Waals surface area contributed by atoms with Gasteiger partial charge in [0.2, 0.25) is 17.6 Å². The number of nitrogens with one attached hydrogen (secondary N) is 2. The number of aromatic nitrogens is 1. The molecule has 2 atom stereocenters. The Morgan fingerprint density at radius 3 is 2.41 bits per heavy atom. The Balaban J connectivity index is 1.45. The van der Waals surface area contributed by atoms with Gasteiger partial charge in [-0.3, -0.25) is 19.3 Å². The first-order valence-corrected chi connectivity index (χ1v) is 14.5. The molecule has 5 N–H and O–H groups in total. The van der Waals surface area contributed by atoms with Gasteiger partial charge < -0.3 is 30.6 Å². The maximum Gasteiger partial charge on any atom is 0.267 e. The summed E-state index contributed by atoms with van der Waals surface area (Å²) in [6.07, 6.45) is 3.55. The van der Waals surface area contributed by atoms with E-state index in [-0.39, 0.29) is 33.7 Å². The molecule has 0 radical (unpaired) electrons. The van der Waals surface area contributed by atoms with Crippen LogP contribution >= 0.6 is 11.8 Å². The van der Waals surface area contributed by atoms with Crippen molar-refractivity contribution in [3.63, 3.8) is 0 Å². The Hall–Kier alpha value is -5.23. The average molecular weight is 614 g/mol. The van der Waals surface area contributed by atoms with E-state index >= 15 is 0 Å². The third-order valence-electron chi connectivity index (χ3n) is 7.14. The molecule has 0 unspecified atom stereocenters. The number of amides is 3. The maximum atomic E-state index is 13.8. The first-order chi connectivity index (χ1) is 21.2. The number of aromatic hydroxyl groups is 1. The van der Waals surface area contributed by atoms with Crippen molar-refractivity contribution in [2.45, 2.75) is 25.4 Å². The molecule has 12 heteroatoms. The first kappa shape index (κ1) is 30.2. The number of methoxy groups -OCH3 is 2. The molecule has 3 amide bonds. The summed E-state index contributed by atoms with van der Waals surface area (Å²) in [5, 5.41) is 14.2. The number of nitrogens with two attached hydrogens (primary N) is 1. The highest BCUT2D eigenvalue weighted by atomic mass is 32.2. The molecule has 1 aliphatic heterocycles. The van der Waals surface area contributed by atoms with Crippen LogP contribution in [-0.2, 0) is 20.8 Å². The molecule has 226 valence electrons. The molecular weight excluding hydrogens is 582 g/mol. The van der Waals surface area contributed by atoms with Crippen molar-refractivity contribution < 1.29 is 29.0 Å². The van der Waals surface area contributed by atoms with E-state index in [2.05, 4.69) is 15.3 Å². The number of phenols is 1. The number of rotatable bonds is 10. The van der Waals surface area contributed by atoms with Gasteiger partial charge in [-0.05, 0) is 66.2 Å². The number of nitrogens with zero attached hydrogens (tertiary/aromatic N) is 2. The van der Waals surface area contributed by atoms with Gasteiger partial charge in [-0.1, -0.05) is 36.4 Å². The SMILES string of the molecule is COc1cc(/C=C2\SC(=Nc3ccccc3)N([C@H](C)C(=O)N[C@@H](Cc3c[nH]c4ccccc34)C(N)=O)C2=O)cc(OC)c1O. The smallest absolute Gasteiger partial charge is 0.267 e. The highest BCUT2D eigenvalue weighted by molar-refractivity contribution is 8.18. The van der Waals surface area contributed by atoms with Gasteiger partial charge in [0.05, 0.1) is 24.8 Å². The van der Waals surface area contributed by atoms with Gasteiger partial charge in [0, 0.05) is 23.5 Å². The summed E-state index contributed by atoms with van der Waals surface area (Å²) < 4.78 is 10.5. The molecule has 44 heavy (non-hydrogen) atoms. The molecule has 0 bridgehead atoms. The number of ether oxygens (including phenoxy) is 2. The standard InChI is InChI=1S/C32H31N5O6S/c1-18(30(40)36-24(29(33)39)16-20-17-34-23-12-8-7-11-22(20)23)37-31(41)27(44-32(37)35-21-9-5-4-6-10-21)15-19-13-25(42-2)28(38)26(14-19)43-3/h4-15,17-18,24,34,38H,16H2,1-3H3,(H2,33,39)(H,36,40)/b27-15-,35-32?/t18-,24+/m1/s1. The number of carbonyl (C=O) groups is 3. The molecule has 0 aliphatic carbocycles. The van der Waals surface area contributed by atoms with Gasteiger partial charge in [-0.2, -0.15) is 0 Å². The van der Waals surface area contributed by atoms with Gasteiger partial charge in [0.1, 0.15) is 12.1 Å². The quantitative estimate of drug-likeness (QED) is 0.196. The fourth-order valence-corrected chi connectivity index (χ4v) is 5.89. The van der Waals surface area contributed by atoms with Crippen LogP contribution in [0.1, 0.15) is 18.1 Å². The lowest BCUT2D eigenvalue weighted by molar-refractivity contribution is -0.134. The van der Waals surface area contributed by atoms with Crippen LogP contribution in [-0.4, -0.2) is 64.2 Å². The van der Waals surface area contributed by atoms with E-state index in [0.29, 0.717) is 11.3 Å². The summed E-state index contributed by atoms with van der Waals surface area (Å²) >= 11 is 1.09.